The van der Waals surface area contributed by atoms with Gasteiger partial charge in [0.15, 0.2) is 0 Å². The molecule has 0 unspecified atom stereocenters. The molecule has 0 saturated carbocycles. The summed E-state index contributed by atoms with van der Waals surface area (Å²) in [5.74, 6) is -1.57. The molecule has 0 saturated heterocycles. The van der Waals surface area contributed by atoms with Crippen LogP contribution in [0, 0.1) is 0 Å². The molecule has 0 N–H and O–H groups in total. The number of carbonyl (C=O) groups excluding carboxylic acids is 3. The third-order valence-corrected chi connectivity index (χ3v) is 5.49. The van der Waals surface area contributed by atoms with Crippen LogP contribution in [0.4, 0.5) is 0 Å². The van der Waals surface area contributed by atoms with Crippen LogP contribution in [0.5, 0.6) is 0 Å². The van der Waals surface area contributed by atoms with Gasteiger partial charge in [-0.2, -0.15) is 0 Å². The summed E-state index contributed by atoms with van der Waals surface area (Å²) in [6, 6.07) is 20.5. The summed E-state index contributed by atoms with van der Waals surface area (Å²) >= 11 is 0. The molecule has 3 aromatic carbocycles. The molecule has 0 radical (unpaired) electrons. The molecule has 0 aliphatic heterocycles. The van der Waals surface area contributed by atoms with Gasteiger partial charge in [-0.3, -0.25) is 0 Å². The minimum atomic E-state index is -0.611. The number of fused-ring (bicyclic) bond motifs is 1. The first-order valence-corrected chi connectivity index (χ1v) is 11.9. The summed E-state index contributed by atoms with van der Waals surface area (Å²) in [4.78, 5) is 34.5. The second-order valence-corrected chi connectivity index (χ2v) is 8.66. The van der Waals surface area contributed by atoms with Crippen LogP contribution in [0.3, 0.4) is 0 Å². The van der Waals surface area contributed by atoms with Gasteiger partial charge in [0.05, 0.1) is 6.61 Å². The zero-order valence-corrected chi connectivity index (χ0v) is 21.1. The number of hydrogen-bond donors (Lipinski definition) is 0. The number of carbonyl (C=O) groups is 3. The molecule has 0 atom stereocenters. The summed E-state index contributed by atoms with van der Waals surface area (Å²) < 4.78 is 14.7. The molecule has 0 aliphatic carbocycles. The van der Waals surface area contributed by atoms with Crippen molar-refractivity contribution in [3.63, 3.8) is 0 Å². The molecule has 3 rings (SSSR count). The Bertz CT molecular complexity index is 1350. The van der Waals surface area contributed by atoms with Crippen molar-refractivity contribution in [2.45, 2.75) is 26.7 Å². The zero-order valence-electron chi connectivity index (χ0n) is 21.1. The van der Waals surface area contributed by atoms with Crippen molar-refractivity contribution in [2.24, 2.45) is 0 Å². The average Bonchev–Trinajstić information content (AvgIpc) is 2.89. The van der Waals surface area contributed by atoms with Gasteiger partial charge in [0, 0.05) is 17.2 Å². The van der Waals surface area contributed by atoms with E-state index in [-0.39, 0.29) is 11.5 Å². The van der Waals surface area contributed by atoms with E-state index in [4.69, 9.17) is 14.2 Å². The van der Waals surface area contributed by atoms with E-state index in [1.54, 1.807) is 13.0 Å². The zero-order chi connectivity index (χ0) is 26.8. The SMILES string of the molecule is C=C(C)C(=O)OCCCc1ccc2cc(-c3ccc(/C=C/C(=O)OCOC(=O)C(=C)C)cc3)ccc2c1. The van der Waals surface area contributed by atoms with E-state index in [0.29, 0.717) is 12.2 Å². The van der Waals surface area contributed by atoms with Crippen LogP contribution >= 0.6 is 0 Å². The molecule has 0 heterocycles. The molecule has 0 fully saturated rings. The average molecular weight is 499 g/mol. The Kier molecular flexibility index (Phi) is 9.55. The highest BCUT2D eigenvalue weighted by Gasteiger charge is 2.06. The number of aryl methyl sites for hydroxylation is 1. The van der Waals surface area contributed by atoms with E-state index < -0.39 is 18.7 Å². The van der Waals surface area contributed by atoms with Crippen LogP contribution in [0.15, 0.2) is 91.0 Å². The van der Waals surface area contributed by atoms with Gasteiger partial charge in [0.2, 0.25) is 6.79 Å². The summed E-state index contributed by atoms with van der Waals surface area (Å²) in [5.41, 5.74) is 4.80. The van der Waals surface area contributed by atoms with Crippen molar-refractivity contribution in [3.8, 4) is 11.1 Å². The molecule has 0 spiro atoms. The lowest BCUT2D eigenvalue weighted by molar-refractivity contribution is -0.160. The maximum absolute atomic E-state index is 11.8. The van der Waals surface area contributed by atoms with Gasteiger partial charge in [0.25, 0.3) is 0 Å². The molecule has 0 bridgehead atoms. The summed E-state index contributed by atoms with van der Waals surface area (Å²) in [5, 5.41) is 2.28. The predicted molar refractivity (Wildman–Crippen MR) is 144 cm³/mol. The number of rotatable bonds is 11. The second-order valence-electron chi connectivity index (χ2n) is 8.66. The van der Waals surface area contributed by atoms with E-state index in [1.807, 2.05) is 24.3 Å². The molecular formula is C31H30O6. The van der Waals surface area contributed by atoms with Crippen LogP contribution in [-0.4, -0.2) is 31.3 Å². The van der Waals surface area contributed by atoms with E-state index in [2.05, 4.69) is 49.6 Å². The minimum Gasteiger partial charge on any atom is -0.462 e. The van der Waals surface area contributed by atoms with E-state index in [1.165, 1.54) is 18.6 Å². The number of hydrogen-bond acceptors (Lipinski definition) is 6. The highest BCUT2D eigenvalue weighted by molar-refractivity contribution is 5.89. The van der Waals surface area contributed by atoms with Crippen molar-refractivity contribution in [1.29, 1.82) is 0 Å². The van der Waals surface area contributed by atoms with Crippen molar-refractivity contribution in [2.75, 3.05) is 13.4 Å². The predicted octanol–water partition coefficient (Wildman–Crippen LogP) is 6.19. The van der Waals surface area contributed by atoms with E-state index in [0.717, 1.165) is 40.3 Å². The van der Waals surface area contributed by atoms with Crippen LogP contribution < -0.4 is 0 Å². The van der Waals surface area contributed by atoms with Crippen LogP contribution in [0.1, 0.15) is 31.4 Å². The Hall–Kier alpha value is -4.45. The molecule has 37 heavy (non-hydrogen) atoms. The van der Waals surface area contributed by atoms with Crippen molar-refractivity contribution >= 4 is 34.8 Å². The van der Waals surface area contributed by atoms with Gasteiger partial charge in [-0.1, -0.05) is 67.8 Å². The highest BCUT2D eigenvalue weighted by atomic mass is 16.7. The fourth-order valence-corrected chi connectivity index (χ4v) is 3.46. The molecule has 190 valence electrons. The standard InChI is InChI=1S/C31H30O6/c1-21(2)30(33)35-17-5-6-24-9-13-28-19-27(15-14-26(28)18-24)25-11-7-23(8-12-25)10-16-29(32)36-20-37-31(34)22(3)4/h7-16,18-19H,1,3,5-6,17,20H2,2,4H3/b16-10+. The molecule has 6 nitrogen and oxygen atoms in total. The summed E-state index contributed by atoms with van der Waals surface area (Å²) in [6.45, 7) is 10.1. The number of ether oxygens (including phenoxy) is 3. The third kappa shape index (κ3) is 8.32. The fourth-order valence-electron chi connectivity index (χ4n) is 3.46. The van der Waals surface area contributed by atoms with E-state index >= 15 is 0 Å². The Balaban J connectivity index is 1.55. The minimum absolute atomic E-state index is 0.235. The Labute approximate surface area is 216 Å². The van der Waals surface area contributed by atoms with Gasteiger partial charge in [-0.05, 0) is 71.9 Å². The Morgan fingerprint density at radius 3 is 2.08 bits per heavy atom. The first-order valence-electron chi connectivity index (χ1n) is 11.9. The summed E-state index contributed by atoms with van der Waals surface area (Å²) in [6.07, 6.45) is 4.49. The second kappa shape index (κ2) is 13.0. The molecule has 0 aliphatic rings. The first kappa shape index (κ1) is 27.1. The quantitative estimate of drug-likeness (QED) is 0.136. The van der Waals surface area contributed by atoms with Gasteiger partial charge < -0.3 is 14.2 Å². The Morgan fingerprint density at radius 2 is 1.38 bits per heavy atom. The third-order valence-electron chi connectivity index (χ3n) is 5.49. The van der Waals surface area contributed by atoms with Gasteiger partial charge in [-0.25, -0.2) is 14.4 Å². The van der Waals surface area contributed by atoms with Crippen molar-refractivity contribution < 1.29 is 28.6 Å². The van der Waals surface area contributed by atoms with Crippen molar-refractivity contribution in [1.82, 2.24) is 0 Å². The smallest absolute Gasteiger partial charge is 0.335 e. The number of esters is 3. The fraction of sp³-hybridized carbons (Fsp3) is 0.194. The summed E-state index contributed by atoms with van der Waals surface area (Å²) in [7, 11) is 0. The highest BCUT2D eigenvalue weighted by Crippen LogP contribution is 2.26. The molecule has 0 amide bonds. The maximum Gasteiger partial charge on any atom is 0.335 e. The van der Waals surface area contributed by atoms with Crippen LogP contribution in [0.2, 0.25) is 0 Å². The van der Waals surface area contributed by atoms with Crippen molar-refractivity contribution in [3.05, 3.63) is 102 Å². The van der Waals surface area contributed by atoms with Gasteiger partial charge in [-0.15, -0.1) is 0 Å². The lowest BCUT2D eigenvalue weighted by Gasteiger charge is -2.08. The topological polar surface area (TPSA) is 78.9 Å². The monoisotopic (exact) mass is 498 g/mol. The largest absolute Gasteiger partial charge is 0.462 e. The molecule has 6 heteroatoms. The van der Waals surface area contributed by atoms with Crippen LogP contribution in [0.25, 0.3) is 28.0 Å². The maximum atomic E-state index is 11.8. The molecule has 0 aromatic heterocycles. The van der Waals surface area contributed by atoms with E-state index in [9.17, 15) is 14.4 Å². The lowest BCUT2D eigenvalue weighted by atomic mass is 9.98. The number of benzene rings is 3. The normalized spacial score (nSPS) is 10.8. The van der Waals surface area contributed by atoms with Gasteiger partial charge in [0.1, 0.15) is 0 Å². The van der Waals surface area contributed by atoms with Gasteiger partial charge >= 0.3 is 17.9 Å². The molecular weight excluding hydrogens is 468 g/mol. The first-order chi connectivity index (χ1) is 17.7. The lowest BCUT2D eigenvalue weighted by Crippen LogP contribution is -2.11. The van der Waals surface area contributed by atoms with Crippen LogP contribution in [-0.2, 0) is 35.0 Å². The molecule has 3 aromatic rings. The Morgan fingerprint density at radius 1 is 0.757 bits per heavy atom.